The quantitative estimate of drug-likeness (QED) is 0.301. The molecule has 4 aliphatic heterocycles. The fourth-order valence-corrected chi connectivity index (χ4v) is 9.50. The van der Waals surface area contributed by atoms with Crippen LogP contribution in [0, 0.1) is 17.8 Å². The van der Waals surface area contributed by atoms with E-state index >= 15 is 0 Å². The molecule has 1 aromatic rings. The van der Waals surface area contributed by atoms with Gasteiger partial charge in [-0.2, -0.15) is 0 Å². The Labute approximate surface area is 351 Å². The number of nitrogens with zero attached hydrogens (tertiary/aromatic N) is 3. The first-order valence-corrected chi connectivity index (χ1v) is 21.4. The Morgan fingerprint density at radius 1 is 1.00 bits per heavy atom. The number of likely N-dealkylation sites (N-methyl/N-ethyl adjacent to an activating group) is 1. The molecule has 0 saturated carbocycles. The topological polar surface area (TPSA) is 181 Å². The maximum Gasteiger partial charge on any atom is 0.288 e. The van der Waals surface area contributed by atoms with E-state index in [1.165, 1.54) is 7.11 Å². The lowest BCUT2D eigenvalue weighted by atomic mass is 9.77. The van der Waals surface area contributed by atoms with Crippen LogP contribution in [0.15, 0.2) is 35.3 Å². The SMILES string of the molecule is CO[C@]1(C)C[C@H](O[C@H]2[C@H](C)[C@@H](O[C@@H]3O[C@H](C)CC4C3OC(=NC(C)C)N4C)[C@](C)(O)C[C@@H](C)CN(C)C(=O)C[C@H](O)[C@H](Cc3ccccc3)NC(=O)[C@@H]2C)O[C@@H](C)[C@@H]1O. The number of rotatable bonds is 8. The van der Waals surface area contributed by atoms with Crippen LogP contribution in [0.4, 0.5) is 0 Å². The minimum atomic E-state index is -1.56. The van der Waals surface area contributed by atoms with Crippen LogP contribution in [0.1, 0.15) is 93.6 Å². The lowest BCUT2D eigenvalue weighted by Gasteiger charge is -2.48. The molecule has 15 nitrogen and oxygen atoms in total. The van der Waals surface area contributed by atoms with Crippen molar-refractivity contribution in [2.75, 3.05) is 27.7 Å². The third kappa shape index (κ3) is 11.1. The number of carbonyl (C=O) groups is 2. The van der Waals surface area contributed by atoms with Gasteiger partial charge in [-0.1, -0.05) is 51.1 Å². The molecule has 4 fully saturated rings. The number of hydrogen-bond donors (Lipinski definition) is 4. The molecule has 0 aromatic heterocycles. The second kappa shape index (κ2) is 19.4. The number of aliphatic hydroxyl groups excluding tert-OH is 2. The van der Waals surface area contributed by atoms with Crippen LogP contribution >= 0.6 is 0 Å². The highest BCUT2D eigenvalue weighted by Gasteiger charge is 2.54. The summed E-state index contributed by atoms with van der Waals surface area (Å²) in [5.41, 5.74) is -1.70. The van der Waals surface area contributed by atoms with Gasteiger partial charge in [-0.15, -0.1) is 0 Å². The largest absolute Gasteiger partial charge is 0.454 e. The van der Waals surface area contributed by atoms with Crippen LogP contribution in [0.5, 0.6) is 0 Å². The van der Waals surface area contributed by atoms with Crippen LogP contribution in [0.25, 0.3) is 0 Å². The number of fused-ring (bicyclic) bond motifs is 1. The number of amides is 2. The first kappa shape index (κ1) is 47.2. The lowest BCUT2D eigenvalue weighted by molar-refractivity contribution is -0.313. The van der Waals surface area contributed by atoms with E-state index in [0.29, 0.717) is 19.0 Å². The number of amidine groups is 1. The number of aliphatic imine (C=N–C) groups is 1. The van der Waals surface area contributed by atoms with E-state index in [4.69, 9.17) is 33.4 Å². The van der Waals surface area contributed by atoms with Gasteiger partial charge in [-0.3, -0.25) is 9.59 Å². The molecule has 0 spiro atoms. The molecule has 15 heteroatoms. The van der Waals surface area contributed by atoms with E-state index in [9.17, 15) is 24.9 Å². The number of methoxy groups -OCH3 is 1. The number of aliphatic hydroxyl groups is 3. The molecule has 0 aliphatic carbocycles. The Balaban J connectivity index is 1.58. The maximum absolute atomic E-state index is 14.6. The van der Waals surface area contributed by atoms with E-state index in [1.54, 1.807) is 39.6 Å². The number of ether oxygens (including phenoxy) is 6. The van der Waals surface area contributed by atoms with Crippen molar-refractivity contribution in [1.29, 1.82) is 0 Å². The average molecular weight is 833 g/mol. The predicted octanol–water partition coefficient (Wildman–Crippen LogP) is 3.26. The summed E-state index contributed by atoms with van der Waals surface area (Å²) in [6.45, 7) is 17.1. The number of nitrogens with one attached hydrogen (secondary N) is 1. The summed E-state index contributed by atoms with van der Waals surface area (Å²) in [7, 11) is 5.16. The fraction of sp³-hybridized carbons (Fsp3) is 0.795. The van der Waals surface area contributed by atoms with E-state index in [2.05, 4.69) is 5.32 Å². The summed E-state index contributed by atoms with van der Waals surface area (Å²) in [6.07, 6.45) is -6.31. The minimum Gasteiger partial charge on any atom is -0.454 e. The maximum atomic E-state index is 14.6. The highest BCUT2D eigenvalue weighted by Crippen LogP contribution is 2.41. The average Bonchev–Trinajstić information content (AvgIpc) is 3.46. The van der Waals surface area contributed by atoms with Gasteiger partial charge in [0.1, 0.15) is 6.10 Å². The second-order valence-corrected chi connectivity index (χ2v) is 18.6. The highest BCUT2D eigenvalue weighted by atomic mass is 16.7. The van der Waals surface area contributed by atoms with E-state index in [1.807, 2.05) is 76.9 Å². The predicted molar refractivity (Wildman–Crippen MR) is 221 cm³/mol. The molecular weight excluding hydrogens is 761 g/mol. The van der Waals surface area contributed by atoms with Crippen molar-refractivity contribution in [2.45, 2.75) is 179 Å². The summed E-state index contributed by atoms with van der Waals surface area (Å²) in [4.78, 5) is 36.5. The van der Waals surface area contributed by atoms with Crippen molar-refractivity contribution >= 4 is 17.8 Å². The number of benzene rings is 1. The van der Waals surface area contributed by atoms with Gasteiger partial charge in [-0.05, 0) is 72.3 Å². The summed E-state index contributed by atoms with van der Waals surface area (Å²) in [5.74, 6) is -2.55. The van der Waals surface area contributed by atoms with E-state index in [0.717, 1.165) is 5.56 Å². The summed E-state index contributed by atoms with van der Waals surface area (Å²) < 4.78 is 38.9. The Bertz CT molecular complexity index is 1580. The molecule has 4 N–H and O–H groups in total. The van der Waals surface area contributed by atoms with Gasteiger partial charge in [0.25, 0.3) is 6.02 Å². The van der Waals surface area contributed by atoms with Crippen molar-refractivity contribution in [1.82, 2.24) is 15.1 Å². The van der Waals surface area contributed by atoms with Crippen molar-refractivity contribution in [2.24, 2.45) is 22.7 Å². The highest BCUT2D eigenvalue weighted by molar-refractivity contribution is 5.80. The molecule has 0 bridgehead atoms. The van der Waals surface area contributed by atoms with Gasteiger partial charge in [-0.25, -0.2) is 4.99 Å². The Hall–Kier alpha value is -2.89. The molecule has 0 radical (unpaired) electrons. The first-order chi connectivity index (χ1) is 27.6. The van der Waals surface area contributed by atoms with Crippen LogP contribution < -0.4 is 5.32 Å². The van der Waals surface area contributed by atoms with Crippen molar-refractivity contribution in [3.8, 4) is 0 Å². The van der Waals surface area contributed by atoms with Gasteiger partial charge in [0.05, 0.1) is 66.1 Å². The fourth-order valence-electron chi connectivity index (χ4n) is 9.50. The van der Waals surface area contributed by atoms with Gasteiger partial charge >= 0.3 is 0 Å². The molecular formula is C44H72N4O11. The zero-order chi connectivity index (χ0) is 43.6. The lowest BCUT2D eigenvalue weighted by Crippen LogP contribution is -2.60. The summed E-state index contributed by atoms with van der Waals surface area (Å²) in [5, 5.41) is 38.5. The molecule has 4 heterocycles. The molecule has 59 heavy (non-hydrogen) atoms. The van der Waals surface area contributed by atoms with Gasteiger partial charge in [0.2, 0.25) is 11.8 Å². The zero-order valence-electron chi connectivity index (χ0n) is 37.2. The van der Waals surface area contributed by atoms with E-state index in [-0.39, 0.29) is 55.7 Å². The van der Waals surface area contributed by atoms with Crippen molar-refractivity contribution < 1.29 is 53.3 Å². The van der Waals surface area contributed by atoms with Crippen LogP contribution in [-0.2, 0) is 44.4 Å². The minimum absolute atomic E-state index is 0.00824. The Kier molecular flexibility index (Phi) is 15.5. The molecule has 4 aliphatic rings. The van der Waals surface area contributed by atoms with Crippen molar-refractivity contribution in [3.05, 3.63) is 35.9 Å². The summed E-state index contributed by atoms with van der Waals surface area (Å²) in [6, 6.07) is 9.05. The molecule has 5 rings (SSSR count). The van der Waals surface area contributed by atoms with Gasteiger partial charge < -0.3 is 58.9 Å². The smallest absolute Gasteiger partial charge is 0.288 e. The van der Waals surface area contributed by atoms with Crippen LogP contribution in [0.2, 0.25) is 0 Å². The molecule has 16 atom stereocenters. The monoisotopic (exact) mass is 833 g/mol. The number of carbonyl (C=O) groups excluding carboxylic acids is 2. The van der Waals surface area contributed by atoms with Crippen LogP contribution in [0.3, 0.4) is 0 Å². The second-order valence-electron chi connectivity index (χ2n) is 18.6. The zero-order valence-corrected chi connectivity index (χ0v) is 37.2. The van der Waals surface area contributed by atoms with Crippen LogP contribution in [-0.4, -0.2) is 155 Å². The first-order valence-electron chi connectivity index (χ1n) is 21.4. The third-order valence-corrected chi connectivity index (χ3v) is 12.8. The Morgan fingerprint density at radius 2 is 1.68 bits per heavy atom. The molecule has 2 amide bonds. The summed E-state index contributed by atoms with van der Waals surface area (Å²) >= 11 is 0. The normalized spacial score (nSPS) is 42.5. The third-order valence-electron chi connectivity index (χ3n) is 12.8. The number of hydrogen-bond acceptors (Lipinski definition) is 12. The van der Waals surface area contributed by atoms with E-state index < -0.39 is 84.2 Å². The molecule has 4 saturated heterocycles. The standard InChI is InChI=1S/C44H72N4O11/c1-24(2)45-42-48(11)32-18-26(4)55-41(37(32)58-42)59-39-27(5)36(57-35-22-44(9,54-12)38(51)29(7)56-35)28(6)40(52)46-31(19-30-16-14-13-15-17-30)33(49)20-34(50)47(10)23-25(3)21-43(39,8)53/h13-17,24-29,31-33,35-39,41,49,51,53H,18-23H2,1-12H3,(H,46,52)/t25-,26-,27+,28-,29+,31+,32?,33+,35+,36+,37?,38+,39-,41+,43-,44-/m1/s1. The molecule has 334 valence electrons. The Morgan fingerprint density at radius 3 is 2.32 bits per heavy atom. The van der Waals surface area contributed by atoms with Gasteiger partial charge in [0, 0.05) is 46.1 Å². The van der Waals surface area contributed by atoms with Crippen molar-refractivity contribution in [3.63, 3.8) is 0 Å². The molecule has 2 unspecified atom stereocenters. The molecule has 1 aromatic carbocycles. The van der Waals surface area contributed by atoms with Gasteiger partial charge in [0.15, 0.2) is 18.7 Å².